The van der Waals surface area contributed by atoms with E-state index in [-0.39, 0.29) is 18.2 Å². The fraction of sp³-hybridized carbons (Fsp3) is 0.263. The Bertz CT molecular complexity index is 835. The van der Waals surface area contributed by atoms with E-state index >= 15 is 0 Å². The van der Waals surface area contributed by atoms with E-state index in [1.54, 1.807) is 12.0 Å². The topological polar surface area (TPSA) is 58.6 Å². The van der Waals surface area contributed by atoms with Crippen LogP contribution in [0.5, 0.6) is 5.75 Å². The van der Waals surface area contributed by atoms with Crippen LogP contribution >= 0.6 is 15.9 Å². The number of amides is 2. The monoisotopic (exact) mass is 402 g/mol. The Labute approximate surface area is 155 Å². The summed E-state index contributed by atoms with van der Waals surface area (Å²) in [6.45, 7) is 2.08. The lowest BCUT2D eigenvalue weighted by atomic mass is 10.1. The molecule has 1 N–H and O–H groups in total. The van der Waals surface area contributed by atoms with Crippen LogP contribution in [0.15, 0.2) is 40.9 Å². The van der Waals surface area contributed by atoms with Gasteiger partial charge in [-0.05, 0) is 41.8 Å². The van der Waals surface area contributed by atoms with Crippen molar-refractivity contribution in [3.05, 3.63) is 52.0 Å². The average Bonchev–Trinajstić information content (AvgIpc) is 2.98. The molecule has 0 saturated carbocycles. The first-order valence-corrected chi connectivity index (χ1v) is 8.80. The first-order chi connectivity index (χ1) is 12.0. The molecule has 0 aliphatic carbocycles. The second-order valence-corrected chi connectivity index (χ2v) is 6.88. The molecule has 3 rings (SSSR count). The van der Waals surface area contributed by atoms with Gasteiger partial charge in [0.25, 0.3) is 0 Å². The van der Waals surface area contributed by atoms with Crippen LogP contribution in [-0.4, -0.2) is 25.5 Å². The number of methoxy groups -OCH3 is 1. The third-order valence-electron chi connectivity index (χ3n) is 4.13. The third-order valence-corrected chi connectivity index (χ3v) is 4.59. The molecule has 2 aromatic rings. The molecule has 0 bridgehead atoms. The molecule has 0 saturated heterocycles. The summed E-state index contributed by atoms with van der Waals surface area (Å²) in [7, 11) is 1.61. The van der Waals surface area contributed by atoms with Gasteiger partial charge in [0, 0.05) is 17.9 Å². The SMILES string of the molecule is COc1cccc(CC(=O)N2CCc3cc(Br)cc(NC(C)=O)c32)c1. The van der Waals surface area contributed by atoms with E-state index in [0.717, 1.165) is 33.5 Å². The zero-order valence-electron chi connectivity index (χ0n) is 14.1. The zero-order valence-corrected chi connectivity index (χ0v) is 15.7. The van der Waals surface area contributed by atoms with Crippen molar-refractivity contribution in [3.63, 3.8) is 0 Å². The highest BCUT2D eigenvalue weighted by Crippen LogP contribution is 2.38. The van der Waals surface area contributed by atoms with Crippen molar-refractivity contribution in [1.29, 1.82) is 0 Å². The van der Waals surface area contributed by atoms with Crippen LogP contribution < -0.4 is 15.0 Å². The number of halogens is 1. The summed E-state index contributed by atoms with van der Waals surface area (Å²) in [6, 6.07) is 11.3. The second-order valence-electron chi connectivity index (χ2n) is 5.97. The molecule has 0 aromatic heterocycles. The number of fused-ring (bicyclic) bond motifs is 1. The molecule has 0 fully saturated rings. The lowest BCUT2D eigenvalue weighted by Crippen LogP contribution is -2.31. The molecule has 2 aromatic carbocycles. The molecule has 1 heterocycles. The largest absolute Gasteiger partial charge is 0.497 e. The zero-order chi connectivity index (χ0) is 18.0. The van der Waals surface area contributed by atoms with Crippen LogP contribution in [0.4, 0.5) is 11.4 Å². The summed E-state index contributed by atoms with van der Waals surface area (Å²) in [4.78, 5) is 26.1. The van der Waals surface area contributed by atoms with Gasteiger partial charge in [0.15, 0.2) is 0 Å². The first kappa shape index (κ1) is 17.5. The van der Waals surface area contributed by atoms with Gasteiger partial charge in [-0.2, -0.15) is 0 Å². The standard InChI is InChI=1S/C19H19BrN2O3/c1-12(23)21-17-11-15(20)10-14-6-7-22(19(14)17)18(24)9-13-4-3-5-16(8-13)25-2/h3-5,8,10-11H,6-7,9H2,1-2H3,(H,21,23). The molecule has 1 aliphatic heterocycles. The summed E-state index contributed by atoms with van der Waals surface area (Å²) in [5, 5.41) is 2.83. The number of carbonyl (C=O) groups is 2. The number of ether oxygens (including phenoxy) is 1. The van der Waals surface area contributed by atoms with Crippen molar-refractivity contribution < 1.29 is 14.3 Å². The molecule has 0 spiro atoms. The second kappa shape index (κ2) is 7.27. The third kappa shape index (κ3) is 3.85. The lowest BCUT2D eigenvalue weighted by Gasteiger charge is -2.21. The van der Waals surface area contributed by atoms with Gasteiger partial charge in [0.1, 0.15) is 5.75 Å². The minimum absolute atomic E-state index is 0.000859. The Morgan fingerprint density at radius 3 is 2.80 bits per heavy atom. The molecule has 130 valence electrons. The van der Waals surface area contributed by atoms with Crippen LogP contribution in [0.2, 0.25) is 0 Å². The number of nitrogens with one attached hydrogen (secondary N) is 1. The molecule has 2 amide bonds. The predicted octanol–water partition coefficient (Wildman–Crippen LogP) is 3.55. The van der Waals surface area contributed by atoms with E-state index in [9.17, 15) is 9.59 Å². The maximum Gasteiger partial charge on any atom is 0.231 e. The minimum Gasteiger partial charge on any atom is -0.497 e. The fourth-order valence-electron chi connectivity index (χ4n) is 3.10. The minimum atomic E-state index is -0.160. The summed E-state index contributed by atoms with van der Waals surface area (Å²) in [5.41, 5.74) is 3.41. The smallest absolute Gasteiger partial charge is 0.231 e. The quantitative estimate of drug-likeness (QED) is 0.850. The maximum absolute atomic E-state index is 12.9. The van der Waals surface area contributed by atoms with E-state index in [1.165, 1.54) is 6.92 Å². The Balaban J connectivity index is 1.88. The summed E-state index contributed by atoms with van der Waals surface area (Å²) in [5.74, 6) is 0.573. The van der Waals surface area contributed by atoms with E-state index in [2.05, 4.69) is 21.2 Å². The highest BCUT2D eigenvalue weighted by molar-refractivity contribution is 9.10. The number of hydrogen-bond acceptors (Lipinski definition) is 3. The molecular weight excluding hydrogens is 384 g/mol. The van der Waals surface area contributed by atoms with Crippen molar-refractivity contribution in [2.24, 2.45) is 0 Å². The van der Waals surface area contributed by atoms with Crippen molar-refractivity contribution in [1.82, 2.24) is 0 Å². The van der Waals surface area contributed by atoms with Crippen molar-refractivity contribution in [2.75, 3.05) is 23.9 Å². The fourth-order valence-corrected chi connectivity index (χ4v) is 3.60. The van der Waals surface area contributed by atoms with Gasteiger partial charge < -0.3 is 15.0 Å². The van der Waals surface area contributed by atoms with E-state index in [1.807, 2.05) is 36.4 Å². The van der Waals surface area contributed by atoms with Crippen LogP contribution in [0, 0.1) is 0 Å². The number of rotatable bonds is 4. The van der Waals surface area contributed by atoms with E-state index in [0.29, 0.717) is 12.2 Å². The van der Waals surface area contributed by atoms with Gasteiger partial charge in [-0.1, -0.05) is 28.1 Å². The summed E-state index contributed by atoms with van der Waals surface area (Å²) in [6.07, 6.45) is 1.05. The first-order valence-electron chi connectivity index (χ1n) is 8.01. The van der Waals surface area contributed by atoms with Crippen LogP contribution in [0.1, 0.15) is 18.1 Å². The molecule has 5 nitrogen and oxygen atoms in total. The van der Waals surface area contributed by atoms with Gasteiger partial charge in [0.05, 0.1) is 24.9 Å². The molecule has 1 aliphatic rings. The predicted molar refractivity (Wildman–Crippen MR) is 101 cm³/mol. The van der Waals surface area contributed by atoms with Gasteiger partial charge in [-0.15, -0.1) is 0 Å². The lowest BCUT2D eigenvalue weighted by molar-refractivity contribution is -0.118. The number of carbonyl (C=O) groups excluding carboxylic acids is 2. The maximum atomic E-state index is 12.9. The van der Waals surface area contributed by atoms with Gasteiger partial charge in [-0.25, -0.2) is 0 Å². The molecule has 0 atom stereocenters. The molecule has 0 radical (unpaired) electrons. The van der Waals surface area contributed by atoms with E-state index < -0.39 is 0 Å². The van der Waals surface area contributed by atoms with Crippen LogP contribution in [-0.2, 0) is 22.4 Å². The number of nitrogens with zero attached hydrogens (tertiary/aromatic N) is 1. The number of anilines is 2. The van der Waals surface area contributed by atoms with Gasteiger partial charge >= 0.3 is 0 Å². The Hall–Kier alpha value is -2.34. The molecular formula is C19H19BrN2O3. The summed E-state index contributed by atoms with van der Waals surface area (Å²) >= 11 is 3.46. The van der Waals surface area contributed by atoms with Gasteiger partial charge in [-0.3, -0.25) is 9.59 Å². The molecule has 6 heteroatoms. The van der Waals surface area contributed by atoms with Crippen molar-refractivity contribution in [3.8, 4) is 5.75 Å². The summed E-state index contributed by atoms with van der Waals surface area (Å²) < 4.78 is 6.10. The molecule has 0 unspecified atom stereocenters. The highest BCUT2D eigenvalue weighted by atomic mass is 79.9. The highest BCUT2D eigenvalue weighted by Gasteiger charge is 2.28. The number of hydrogen-bond donors (Lipinski definition) is 1. The van der Waals surface area contributed by atoms with Crippen LogP contribution in [0.3, 0.4) is 0 Å². The Morgan fingerprint density at radius 2 is 2.08 bits per heavy atom. The average molecular weight is 403 g/mol. The van der Waals surface area contributed by atoms with Crippen LogP contribution in [0.25, 0.3) is 0 Å². The number of benzene rings is 2. The Kier molecular flexibility index (Phi) is 5.08. The normalized spacial score (nSPS) is 12.7. The Morgan fingerprint density at radius 1 is 1.28 bits per heavy atom. The van der Waals surface area contributed by atoms with Crippen molar-refractivity contribution >= 4 is 39.1 Å². The van der Waals surface area contributed by atoms with Crippen molar-refractivity contribution in [2.45, 2.75) is 19.8 Å². The van der Waals surface area contributed by atoms with Gasteiger partial charge in [0.2, 0.25) is 11.8 Å². The van der Waals surface area contributed by atoms with E-state index in [4.69, 9.17) is 4.74 Å². The molecule has 25 heavy (non-hydrogen) atoms.